The van der Waals surface area contributed by atoms with Crippen LogP contribution in [-0.4, -0.2) is 46.7 Å². The Morgan fingerprint density at radius 1 is 0.810 bits per heavy atom. The molecule has 0 radical (unpaired) electrons. The smallest absolute Gasteiger partial charge is 0.324 e. The van der Waals surface area contributed by atoms with Crippen molar-refractivity contribution in [2.24, 2.45) is 11.8 Å². The maximum atomic E-state index is 12.1. The molecule has 9 heteroatoms. The Balaban J connectivity index is 5.11. The van der Waals surface area contributed by atoms with Crippen molar-refractivity contribution in [3.8, 4) is 0 Å². The molecule has 0 saturated heterocycles. The molecule has 0 aliphatic carbocycles. The normalized spacial score (nSPS) is 14.9. The van der Waals surface area contributed by atoms with E-state index in [0.717, 1.165) is 0 Å². The van der Waals surface area contributed by atoms with Gasteiger partial charge in [-0.25, -0.2) is 0 Å². The molecule has 0 fully saturated rings. The van der Waals surface area contributed by atoms with E-state index >= 15 is 0 Å². The molecule has 124 valence electrons. The fourth-order valence-corrected chi connectivity index (χ4v) is 3.01. The van der Waals surface area contributed by atoms with Crippen LogP contribution < -0.4 is 9.44 Å². The maximum absolute atomic E-state index is 12.1. The monoisotopic (exact) mass is 324 g/mol. The van der Waals surface area contributed by atoms with E-state index in [1.807, 2.05) is 0 Å². The molecule has 0 aromatic carbocycles. The molecule has 0 spiro atoms. The van der Waals surface area contributed by atoms with Gasteiger partial charge in [-0.3, -0.25) is 9.59 Å². The largest absolute Gasteiger partial charge is 0.468 e. The van der Waals surface area contributed by atoms with E-state index in [-0.39, 0.29) is 11.8 Å². The lowest BCUT2D eigenvalue weighted by Crippen LogP contribution is -2.54. The Kier molecular flexibility index (Phi) is 7.83. The molecule has 0 aromatic heterocycles. The van der Waals surface area contributed by atoms with Gasteiger partial charge in [-0.1, -0.05) is 27.7 Å². The summed E-state index contributed by atoms with van der Waals surface area (Å²) in [4.78, 5) is 23.1. The average Bonchev–Trinajstić information content (AvgIpc) is 2.40. The van der Waals surface area contributed by atoms with E-state index in [9.17, 15) is 18.0 Å². The first-order chi connectivity index (χ1) is 9.55. The number of hydrogen-bond donors (Lipinski definition) is 2. The van der Waals surface area contributed by atoms with E-state index in [1.54, 1.807) is 27.7 Å². The SMILES string of the molecule is COC(=O)[C@@H](NS(=O)(=O)N[C@H](C(=O)OC)C(C)C)C(C)C. The van der Waals surface area contributed by atoms with Gasteiger partial charge in [0.2, 0.25) is 0 Å². The van der Waals surface area contributed by atoms with Gasteiger partial charge in [0, 0.05) is 0 Å². The van der Waals surface area contributed by atoms with Crippen LogP contribution in [0.5, 0.6) is 0 Å². The van der Waals surface area contributed by atoms with Gasteiger partial charge in [0.25, 0.3) is 10.2 Å². The molecule has 0 aliphatic rings. The Labute approximate surface area is 125 Å². The van der Waals surface area contributed by atoms with Gasteiger partial charge in [0.1, 0.15) is 12.1 Å². The number of carbonyl (C=O) groups excluding carboxylic acids is 2. The van der Waals surface area contributed by atoms with Crippen LogP contribution in [0.2, 0.25) is 0 Å². The molecule has 0 amide bonds. The number of carbonyl (C=O) groups is 2. The van der Waals surface area contributed by atoms with Gasteiger partial charge in [0.15, 0.2) is 0 Å². The van der Waals surface area contributed by atoms with Crippen LogP contribution in [0.25, 0.3) is 0 Å². The summed E-state index contributed by atoms with van der Waals surface area (Å²) in [6.45, 7) is 6.68. The van der Waals surface area contributed by atoms with Crippen molar-refractivity contribution in [3.63, 3.8) is 0 Å². The van der Waals surface area contributed by atoms with E-state index < -0.39 is 34.2 Å². The summed E-state index contributed by atoms with van der Waals surface area (Å²) in [5.74, 6) is -2.03. The molecule has 8 nitrogen and oxygen atoms in total. The Morgan fingerprint density at radius 3 is 1.29 bits per heavy atom. The minimum absolute atomic E-state index is 0.315. The van der Waals surface area contributed by atoms with Crippen LogP contribution in [0.3, 0.4) is 0 Å². The summed E-state index contributed by atoms with van der Waals surface area (Å²) < 4.78 is 37.6. The molecule has 0 saturated carbocycles. The highest BCUT2D eigenvalue weighted by molar-refractivity contribution is 7.87. The lowest BCUT2D eigenvalue weighted by molar-refractivity contribution is -0.144. The summed E-state index contributed by atoms with van der Waals surface area (Å²) in [5, 5.41) is 0. The highest BCUT2D eigenvalue weighted by Crippen LogP contribution is 2.08. The Hall–Kier alpha value is -1.19. The molecule has 0 unspecified atom stereocenters. The van der Waals surface area contributed by atoms with Crippen molar-refractivity contribution in [2.75, 3.05) is 14.2 Å². The lowest BCUT2D eigenvalue weighted by Gasteiger charge is -2.23. The number of hydrogen-bond acceptors (Lipinski definition) is 6. The zero-order valence-corrected chi connectivity index (χ0v) is 14.0. The molecular formula is C12H24N2O6S. The van der Waals surface area contributed by atoms with Gasteiger partial charge < -0.3 is 9.47 Å². The van der Waals surface area contributed by atoms with Crippen molar-refractivity contribution in [1.82, 2.24) is 9.44 Å². The standard InChI is InChI=1S/C12H24N2O6S/c1-7(2)9(11(15)19-5)13-21(17,18)14-10(8(3)4)12(16)20-6/h7-10,13-14H,1-6H3/t9-,10-/m0/s1. The summed E-state index contributed by atoms with van der Waals surface area (Å²) >= 11 is 0. The van der Waals surface area contributed by atoms with E-state index in [1.165, 1.54) is 14.2 Å². The molecule has 2 N–H and O–H groups in total. The van der Waals surface area contributed by atoms with Crippen LogP contribution in [-0.2, 0) is 29.3 Å². The lowest BCUT2D eigenvalue weighted by atomic mass is 10.1. The predicted molar refractivity (Wildman–Crippen MR) is 76.5 cm³/mol. The first-order valence-electron chi connectivity index (χ1n) is 6.51. The zero-order valence-electron chi connectivity index (χ0n) is 13.2. The molecule has 2 atom stereocenters. The minimum atomic E-state index is -4.08. The Morgan fingerprint density at radius 2 is 1.10 bits per heavy atom. The highest BCUT2D eigenvalue weighted by atomic mass is 32.2. The van der Waals surface area contributed by atoms with Gasteiger partial charge in [-0.05, 0) is 11.8 Å². The number of nitrogens with one attached hydrogen (secondary N) is 2. The average molecular weight is 324 g/mol. The zero-order chi connectivity index (χ0) is 16.8. The summed E-state index contributed by atoms with van der Waals surface area (Å²) in [7, 11) is -1.74. The first kappa shape index (κ1) is 19.8. The van der Waals surface area contributed by atoms with Crippen molar-refractivity contribution in [1.29, 1.82) is 0 Å². The van der Waals surface area contributed by atoms with Gasteiger partial charge in [0.05, 0.1) is 14.2 Å². The minimum Gasteiger partial charge on any atom is -0.468 e. The molecular weight excluding hydrogens is 300 g/mol. The van der Waals surface area contributed by atoms with Crippen LogP contribution >= 0.6 is 0 Å². The predicted octanol–water partition coefficient (Wildman–Crippen LogP) is -0.194. The third-order valence-corrected chi connectivity index (χ3v) is 3.94. The second-order valence-electron chi connectivity index (χ2n) is 5.23. The fraction of sp³-hybridized carbons (Fsp3) is 0.833. The third kappa shape index (κ3) is 6.40. The van der Waals surface area contributed by atoms with Crippen LogP contribution in [0, 0.1) is 11.8 Å². The van der Waals surface area contributed by atoms with E-state index in [2.05, 4.69) is 18.9 Å². The van der Waals surface area contributed by atoms with Crippen molar-refractivity contribution >= 4 is 22.1 Å². The van der Waals surface area contributed by atoms with Gasteiger partial charge in [-0.2, -0.15) is 17.9 Å². The second-order valence-corrected chi connectivity index (χ2v) is 6.71. The van der Waals surface area contributed by atoms with E-state index in [0.29, 0.717) is 0 Å². The second kappa shape index (κ2) is 8.30. The van der Waals surface area contributed by atoms with Crippen molar-refractivity contribution in [2.45, 2.75) is 39.8 Å². The summed E-state index contributed by atoms with van der Waals surface area (Å²) in [5.41, 5.74) is 0. The Bertz CT molecular complexity index is 424. The van der Waals surface area contributed by atoms with Crippen LogP contribution in [0.15, 0.2) is 0 Å². The summed E-state index contributed by atoms with van der Waals surface area (Å²) in [6.07, 6.45) is 0. The summed E-state index contributed by atoms with van der Waals surface area (Å²) in [6, 6.07) is -2.09. The number of methoxy groups -OCH3 is 2. The quantitative estimate of drug-likeness (QED) is 0.599. The number of ether oxygens (including phenoxy) is 2. The van der Waals surface area contributed by atoms with E-state index in [4.69, 9.17) is 0 Å². The number of rotatable bonds is 8. The molecule has 0 rings (SSSR count). The number of esters is 2. The molecule has 0 aromatic rings. The highest BCUT2D eigenvalue weighted by Gasteiger charge is 2.32. The van der Waals surface area contributed by atoms with Gasteiger partial charge >= 0.3 is 11.9 Å². The molecule has 21 heavy (non-hydrogen) atoms. The molecule has 0 heterocycles. The van der Waals surface area contributed by atoms with Crippen LogP contribution in [0.4, 0.5) is 0 Å². The third-order valence-electron chi connectivity index (χ3n) is 2.81. The van der Waals surface area contributed by atoms with Crippen molar-refractivity contribution < 1.29 is 27.5 Å². The fourth-order valence-electron chi connectivity index (χ4n) is 1.53. The van der Waals surface area contributed by atoms with Crippen molar-refractivity contribution in [3.05, 3.63) is 0 Å². The first-order valence-corrected chi connectivity index (χ1v) is 7.99. The van der Waals surface area contributed by atoms with Crippen LogP contribution in [0.1, 0.15) is 27.7 Å². The molecule has 0 aliphatic heterocycles. The topological polar surface area (TPSA) is 111 Å². The van der Waals surface area contributed by atoms with Gasteiger partial charge in [-0.15, -0.1) is 0 Å². The maximum Gasteiger partial charge on any atom is 0.324 e. The molecule has 0 bridgehead atoms.